The van der Waals surface area contributed by atoms with E-state index in [4.69, 9.17) is 16.6 Å². The highest BCUT2D eigenvalue weighted by molar-refractivity contribution is 7.89. The van der Waals surface area contributed by atoms with E-state index in [2.05, 4.69) is 20.5 Å². The minimum absolute atomic E-state index is 0.0249. The Morgan fingerprint density at radius 3 is 2.64 bits per heavy atom. The molecule has 0 spiro atoms. The normalized spacial score (nSPS) is 12.5. The highest BCUT2D eigenvalue weighted by Gasteiger charge is 2.22. The molecular weight excluding hydrogens is 542 g/mol. The zero-order valence-electron chi connectivity index (χ0n) is 21.4. The van der Waals surface area contributed by atoms with Crippen LogP contribution in [0.5, 0.6) is 0 Å². The quantitative estimate of drug-likeness (QED) is 0.264. The van der Waals surface area contributed by atoms with E-state index in [1.165, 1.54) is 10.6 Å². The Kier molecular flexibility index (Phi) is 6.60. The van der Waals surface area contributed by atoms with Crippen LogP contribution in [0, 0.1) is 6.92 Å². The topological polar surface area (TPSA) is 152 Å². The Balaban J connectivity index is 1.62. The van der Waals surface area contributed by atoms with Gasteiger partial charge in [-0.1, -0.05) is 29.8 Å². The fourth-order valence-corrected chi connectivity index (χ4v) is 5.05. The predicted octanol–water partition coefficient (Wildman–Crippen LogP) is 3.70. The van der Waals surface area contributed by atoms with Crippen molar-refractivity contribution in [2.24, 2.45) is 7.05 Å². The molecule has 200 valence electrons. The molecule has 0 radical (unpaired) electrons. The van der Waals surface area contributed by atoms with E-state index < -0.39 is 22.0 Å². The Morgan fingerprint density at radius 1 is 1.13 bits per heavy atom. The van der Waals surface area contributed by atoms with Gasteiger partial charge in [-0.15, -0.1) is 0 Å². The first-order valence-corrected chi connectivity index (χ1v) is 14.1. The maximum Gasteiger partial charge on any atom is 0.285 e. The predicted molar refractivity (Wildman–Crippen MR) is 150 cm³/mol. The van der Waals surface area contributed by atoms with Crippen LogP contribution >= 0.6 is 11.6 Å². The number of pyridine rings is 1. The minimum atomic E-state index is -3.83. The van der Waals surface area contributed by atoms with Gasteiger partial charge in [0.25, 0.3) is 11.5 Å². The maximum atomic E-state index is 13.5. The number of sulfonamides is 1. The van der Waals surface area contributed by atoms with Gasteiger partial charge in [-0.3, -0.25) is 19.3 Å². The number of halogens is 1. The number of hydrogen-bond donors (Lipinski definition) is 3. The number of benzene rings is 2. The van der Waals surface area contributed by atoms with Gasteiger partial charge in [0.05, 0.1) is 40.6 Å². The number of carbonyl (C=O) groups is 1. The second-order valence-corrected chi connectivity index (χ2v) is 11.5. The molecule has 5 rings (SSSR count). The van der Waals surface area contributed by atoms with Crippen molar-refractivity contribution in [3.05, 3.63) is 81.0 Å². The van der Waals surface area contributed by atoms with Crippen LogP contribution in [0.3, 0.4) is 0 Å². The number of amides is 1. The molecule has 0 saturated heterocycles. The number of H-pyrrole nitrogens is 1. The van der Waals surface area contributed by atoms with Gasteiger partial charge >= 0.3 is 0 Å². The third-order valence-electron chi connectivity index (χ3n) is 6.25. The van der Waals surface area contributed by atoms with E-state index in [1.807, 2.05) is 42.8 Å². The van der Waals surface area contributed by atoms with E-state index in [0.29, 0.717) is 22.3 Å². The maximum absolute atomic E-state index is 13.5. The molecule has 0 saturated carbocycles. The van der Waals surface area contributed by atoms with Crippen molar-refractivity contribution < 1.29 is 13.2 Å². The lowest BCUT2D eigenvalue weighted by atomic mass is 10.0. The molecule has 13 heteroatoms. The lowest BCUT2D eigenvalue weighted by Crippen LogP contribution is -2.31. The third kappa shape index (κ3) is 5.20. The molecule has 0 aliphatic carbocycles. The average Bonchev–Trinajstić information content (AvgIpc) is 3.34. The van der Waals surface area contributed by atoms with Gasteiger partial charge in [-0.25, -0.2) is 23.1 Å². The number of aromatic nitrogens is 5. The van der Waals surface area contributed by atoms with Gasteiger partial charge in [0.15, 0.2) is 5.69 Å². The highest BCUT2D eigenvalue weighted by atomic mass is 35.5. The second-order valence-electron chi connectivity index (χ2n) is 9.32. The molecule has 1 atom stereocenters. The molecule has 11 nitrogen and oxygen atoms in total. The van der Waals surface area contributed by atoms with Crippen molar-refractivity contribution >= 4 is 55.0 Å². The summed E-state index contributed by atoms with van der Waals surface area (Å²) < 4.78 is 26.7. The molecule has 3 heterocycles. The van der Waals surface area contributed by atoms with E-state index in [-0.39, 0.29) is 22.1 Å². The fourth-order valence-electron chi connectivity index (χ4n) is 4.47. The SMILES string of the molecule is Cc1cc([C@@H](C)Nc2ccc(Cl)nc2C(=O)NS(C)(=O)=O)c2nc(-c3ccc4cn[nH]c4c3)n(C)c(=O)c2c1. The number of carbonyl (C=O) groups excluding carboxylic acids is 1. The lowest BCUT2D eigenvalue weighted by Gasteiger charge is -2.20. The summed E-state index contributed by atoms with van der Waals surface area (Å²) in [6.07, 6.45) is 2.59. The molecule has 0 aliphatic rings. The second kappa shape index (κ2) is 9.79. The van der Waals surface area contributed by atoms with E-state index in [0.717, 1.165) is 28.3 Å². The van der Waals surface area contributed by atoms with Gasteiger partial charge in [-0.2, -0.15) is 5.10 Å². The van der Waals surface area contributed by atoms with Gasteiger partial charge in [0, 0.05) is 23.6 Å². The Morgan fingerprint density at radius 2 is 1.90 bits per heavy atom. The summed E-state index contributed by atoms with van der Waals surface area (Å²) in [6.45, 7) is 3.72. The molecule has 0 aliphatic heterocycles. The lowest BCUT2D eigenvalue weighted by molar-refractivity contribution is 0.0977. The molecule has 0 fully saturated rings. The van der Waals surface area contributed by atoms with Crippen molar-refractivity contribution in [1.82, 2.24) is 29.5 Å². The summed E-state index contributed by atoms with van der Waals surface area (Å²) in [5, 5.41) is 11.6. The highest BCUT2D eigenvalue weighted by Crippen LogP contribution is 2.30. The fraction of sp³-hybridized carbons (Fsp3) is 0.192. The van der Waals surface area contributed by atoms with Crippen LogP contribution in [0.1, 0.15) is 34.6 Å². The van der Waals surface area contributed by atoms with Crippen molar-refractivity contribution in [3.8, 4) is 11.4 Å². The van der Waals surface area contributed by atoms with Crippen molar-refractivity contribution in [2.75, 3.05) is 11.6 Å². The van der Waals surface area contributed by atoms with Gasteiger partial charge < -0.3 is 5.32 Å². The molecule has 5 aromatic rings. The minimum Gasteiger partial charge on any atom is -0.377 e. The Bertz CT molecular complexity index is 1950. The zero-order valence-corrected chi connectivity index (χ0v) is 23.0. The Hall–Kier alpha value is -4.29. The number of nitrogens with zero attached hydrogens (tertiary/aromatic N) is 4. The van der Waals surface area contributed by atoms with E-state index >= 15 is 0 Å². The number of hydrogen-bond acceptors (Lipinski definition) is 8. The first kappa shape index (κ1) is 26.3. The molecular formula is C26H24ClN7O4S. The summed E-state index contributed by atoms with van der Waals surface area (Å²) in [6, 6.07) is 11.9. The molecule has 0 unspecified atom stereocenters. The standard InChI is InChI=1S/C26H24ClN7O4S/c1-13-9-17(14(2)29-19-7-8-21(27)30-23(19)25(35)33-39(4,37)38)22-18(10-13)26(36)34(3)24(31-22)15-5-6-16-12-28-32-20(16)11-15/h5-12,14,29H,1-4H3,(H,28,32)(H,33,35)/t14-/m1/s1. The van der Waals surface area contributed by atoms with E-state index in [1.54, 1.807) is 25.4 Å². The van der Waals surface area contributed by atoms with Gasteiger partial charge in [0.1, 0.15) is 11.0 Å². The molecule has 1 amide bonds. The number of fused-ring (bicyclic) bond motifs is 2. The molecule has 3 N–H and O–H groups in total. The van der Waals surface area contributed by atoms with Crippen molar-refractivity contribution in [1.29, 1.82) is 0 Å². The summed E-state index contributed by atoms with van der Waals surface area (Å²) in [5.74, 6) is -0.449. The van der Waals surface area contributed by atoms with Crippen molar-refractivity contribution in [2.45, 2.75) is 19.9 Å². The van der Waals surface area contributed by atoms with Gasteiger partial charge in [0.2, 0.25) is 10.0 Å². The summed E-state index contributed by atoms with van der Waals surface area (Å²) in [5.41, 5.74) is 3.46. The van der Waals surface area contributed by atoms with Crippen LogP contribution in [-0.4, -0.2) is 45.3 Å². The summed E-state index contributed by atoms with van der Waals surface area (Å²) in [4.78, 5) is 35.1. The van der Waals surface area contributed by atoms with Crippen LogP contribution in [0.4, 0.5) is 5.69 Å². The first-order valence-electron chi connectivity index (χ1n) is 11.8. The van der Waals surface area contributed by atoms with Crippen LogP contribution in [0.25, 0.3) is 33.2 Å². The number of rotatable bonds is 6. The smallest absolute Gasteiger partial charge is 0.285 e. The number of aryl methyl sites for hydroxylation is 1. The number of anilines is 1. The molecule has 2 aromatic carbocycles. The molecule has 39 heavy (non-hydrogen) atoms. The van der Waals surface area contributed by atoms with Crippen LogP contribution in [0.2, 0.25) is 5.15 Å². The molecule has 3 aromatic heterocycles. The number of aromatic amines is 1. The van der Waals surface area contributed by atoms with Crippen LogP contribution in [-0.2, 0) is 17.1 Å². The van der Waals surface area contributed by atoms with Crippen molar-refractivity contribution in [3.63, 3.8) is 0 Å². The zero-order chi connectivity index (χ0) is 28.1. The largest absolute Gasteiger partial charge is 0.377 e. The first-order chi connectivity index (χ1) is 18.4. The summed E-state index contributed by atoms with van der Waals surface area (Å²) in [7, 11) is -2.15. The van der Waals surface area contributed by atoms with Gasteiger partial charge in [-0.05, 0) is 43.7 Å². The average molecular weight is 566 g/mol. The monoisotopic (exact) mass is 565 g/mol. The summed E-state index contributed by atoms with van der Waals surface area (Å²) >= 11 is 6.00. The molecule has 0 bridgehead atoms. The van der Waals surface area contributed by atoms with Crippen LogP contribution < -0.4 is 15.6 Å². The van der Waals surface area contributed by atoms with E-state index in [9.17, 15) is 18.0 Å². The Labute approximate surface area is 228 Å². The van der Waals surface area contributed by atoms with Crippen LogP contribution in [0.15, 0.2) is 53.5 Å². The third-order valence-corrected chi connectivity index (χ3v) is 7.01. The number of nitrogens with one attached hydrogen (secondary N) is 3.